The lowest BCUT2D eigenvalue weighted by atomic mass is 9.81. The number of hydrogen-bond donors (Lipinski definition) is 2. The van der Waals surface area contributed by atoms with E-state index in [4.69, 9.17) is 5.10 Å². The molecule has 29 heavy (non-hydrogen) atoms. The van der Waals surface area contributed by atoms with E-state index in [2.05, 4.69) is 35.7 Å². The lowest BCUT2D eigenvalue weighted by Gasteiger charge is -2.31. The van der Waals surface area contributed by atoms with Crippen LogP contribution in [0.3, 0.4) is 0 Å². The van der Waals surface area contributed by atoms with Gasteiger partial charge in [0.2, 0.25) is 0 Å². The standard InChI is InChI=1S/C20H32F3N5.HI/c1-13(2)28-12-15-6-9-17(10-18(15)27-28)26-19(24-3)25-11-14-4-7-16(8-5-14)20(21,22)23;/h12-14,16-17H,4-11H2,1-3H3,(H2,24,25,26);1H. The Morgan fingerprint density at radius 2 is 1.93 bits per heavy atom. The normalized spacial score (nSPS) is 25.3. The number of nitrogens with one attached hydrogen (secondary N) is 2. The van der Waals surface area contributed by atoms with E-state index in [0.29, 0.717) is 25.4 Å². The number of hydrogen-bond acceptors (Lipinski definition) is 2. The van der Waals surface area contributed by atoms with E-state index in [1.807, 2.05) is 4.68 Å². The number of halogens is 4. The maximum atomic E-state index is 12.8. The maximum Gasteiger partial charge on any atom is 0.391 e. The van der Waals surface area contributed by atoms with Crippen molar-refractivity contribution in [1.82, 2.24) is 20.4 Å². The molecule has 1 aromatic heterocycles. The number of alkyl halides is 3. The van der Waals surface area contributed by atoms with E-state index in [1.165, 1.54) is 5.56 Å². The quantitative estimate of drug-likeness (QED) is 0.345. The highest BCUT2D eigenvalue weighted by molar-refractivity contribution is 14.0. The number of aryl methyl sites for hydroxylation is 1. The van der Waals surface area contributed by atoms with Gasteiger partial charge in [-0.1, -0.05) is 0 Å². The van der Waals surface area contributed by atoms with Crippen LogP contribution in [0, 0.1) is 11.8 Å². The summed E-state index contributed by atoms with van der Waals surface area (Å²) in [5, 5.41) is 11.5. The lowest BCUT2D eigenvalue weighted by molar-refractivity contribution is -0.183. The highest BCUT2D eigenvalue weighted by atomic mass is 127. The maximum absolute atomic E-state index is 12.8. The molecule has 0 aliphatic heterocycles. The summed E-state index contributed by atoms with van der Waals surface area (Å²) in [6.45, 7) is 4.93. The van der Waals surface area contributed by atoms with Crippen molar-refractivity contribution in [2.75, 3.05) is 13.6 Å². The summed E-state index contributed by atoms with van der Waals surface area (Å²) in [6, 6.07) is 0.633. The fourth-order valence-corrected chi connectivity index (χ4v) is 4.22. The van der Waals surface area contributed by atoms with Gasteiger partial charge in [-0.3, -0.25) is 9.67 Å². The van der Waals surface area contributed by atoms with E-state index in [0.717, 1.165) is 30.9 Å². The van der Waals surface area contributed by atoms with Crippen LogP contribution in [-0.2, 0) is 12.8 Å². The molecule has 166 valence electrons. The van der Waals surface area contributed by atoms with Crippen LogP contribution in [0.5, 0.6) is 0 Å². The molecule has 0 amide bonds. The van der Waals surface area contributed by atoms with Crippen molar-refractivity contribution in [3.05, 3.63) is 17.5 Å². The van der Waals surface area contributed by atoms with Gasteiger partial charge >= 0.3 is 6.18 Å². The highest BCUT2D eigenvalue weighted by Gasteiger charge is 2.41. The van der Waals surface area contributed by atoms with Gasteiger partial charge in [0.15, 0.2) is 5.96 Å². The van der Waals surface area contributed by atoms with E-state index in [-0.39, 0.29) is 48.8 Å². The second-order valence-electron chi connectivity index (χ2n) is 8.47. The monoisotopic (exact) mass is 527 g/mol. The minimum atomic E-state index is -4.04. The summed E-state index contributed by atoms with van der Waals surface area (Å²) in [5.41, 5.74) is 2.48. The van der Waals surface area contributed by atoms with Gasteiger partial charge in [0, 0.05) is 38.3 Å². The fraction of sp³-hybridized carbons (Fsp3) is 0.800. The average molecular weight is 527 g/mol. The molecule has 9 heteroatoms. The number of nitrogens with zero attached hydrogens (tertiary/aromatic N) is 3. The SMILES string of the molecule is CN=C(NCC1CCC(C(F)(F)F)CC1)NC1CCc2cn(C(C)C)nc2C1.I. The minimum absolute atomic E-state index is 0. The van der Waals surface area contributed by atoms with Crippen molar-refractivity contribution in [2.45, 2.75) is 77.1 Å². The lowest BCUT2D eigenvalue weighted by Crippen LogP contribution is -2.47. The molecule has 1 saturated carbocycles. The molecule has 1 aromatic rings. The van der Waals surface area contributed by atoms with Crippen LogP contribution in [0.4, 0.5) is 13.2 Å². The molecular formula is C20H33F3IN5. The summed E-state index contributed by atoms with van der Waals surface area (Å²) in [6.07, 6.45) is 2.72. The van der Waals surface area contributed by atoms with Crippen LogP contribution in [0.15, 0.2) is 11.2 Å². The van der Waals surface area contributed by atoms with Crippen LogP contribution in [0.25, 0.3) is 0 Å². The predicted molar refractivity (Wildman–Crippen MR) is 120 cm³/mol. The van der Waals surface area contributed by atoms with Gasteiger partial charge in [-0.15, -0.1) is 24.0 Å². The molecule has 1 atom stereocenters. The van der Waals surface area contributed by atoms with E-state index in [9.17, 15) is 13.2 Å². The summed E-state index contributed by atoms with van der Waals surface area (Å²) in [7, 11) is 1.73. The van der Waals surface area contributed by atoms with Crippen molar-refractivity contribution in [1.29, 1.82) is 0 Å². The third-order valence-electron chi connectivity index (χ3n) is 6.06. The predicted octanol–water partition coefficient (Wildman–Crippen LogP) is 4.47. The van der Waals surface area contributed by atoms with Gasteiger partial charge in [-0.25, -0.2) is 0 Å². The zero-order valence-corrected chi connectivity index (χ0v) is 19.8. The van der Waals surface area contributed by atoms with Crippen molar-refractivity contribution in [3.8, 4) is 0 Å². The van der Waals surface area contributed by atoms with Gasteiger partial charge in [0.05, 0.1) is 11.6 Å². The molecule has 5 nitrogen and oxygen atoms in total. The molecule has 2 aliphatic rings. The topological polar surface area (TPSA) is 54.2 Å². The number of guanidine groups is 1. The Labute approximate surface area is 188 Å². The van der Waals surface area contributed by atoms with E-state index >= 15 is 0 Å². The van der Waals surface area contributed by atoms with Crippen LogP contribution in [0.1, 0.15) is 63.3 Å². The van der Waals surface area contributed by atoms with Gasteiger partial charge < -0.3 is 10.6 Å². The molecule has 0 spiro atoms. The van der Waals surface area contributed by atoms with Gasteiger partial charge in [-0.2, -0.15) is 18.3 Å². The molecule has 1 unspecified atom stereocenters. The molecule has 3 rings (SSSR count). The van der Waals surface area contributed by atoms with E-state index in [1.54, 1.807) is 7.05 Å². The van der Waals surface area contributed by atoms with Crippen LogP contribution in [-0.4, -0.2) is 41.6 Å². The van der Waals surface area contributed by atoms with Gasteiger partial charge in [0.1, 0.15) is 0 Å². The molecule has 0 bridgehead atoms. The summed E-state index contributed by atoms with van der Waals surface area (Å²) >= 11 is 0. The number of aliphatic imine (C=N–C) groups is 1. The van der Waals surface area contributed by atoms with Crippen LogP contribution >= 0.6 is 24.0 Å². The second-order valence-corrected chi connectivity index (χ2v) is 8.47. The number of aromatic nitrogens is 2. The third-order valence-corrected chi connectivity index (χ3v) is 6.06. The minimum Gasteiger partial charge on any atom is -0.356 e. The Bertz CT molecular complexity index is 678. The van der Waals surface area contributed by atoms with Crippen molar-refractivity contribution in [2.24, 2.45) is 16.8 Å². The van der Waals surface area contributed by atoms with Crippen LogP contribution in [0.2, 0.25) is 0 Å². The molecule has 1 heterocycles. The smallest absolute Gasteiger partial charge is 0.356 e. The first-order valence-electron chi connectivity index (χ1n) is 10.4. The first-order valence-corrected chi connectivity index (χ1v) is 10.4. The molecule has 0 aromatic carbocycles. The van der Waals surface area contributed by atoms with Crippen molar-refractivity contribution >= 4 is 29.9 Å². The summed E-state index contributed by atoms with van der Waals surface area (Å²) in [5.74, 6) is -0.116. The Morgan fingerprint density at radius 3 is 2.52 bits per heavy atom. The first-order chi connectivity index (χ1) is 13.3. The van der Waals surface area contributed by atoms with Gasteiger partial charge in [0.25, 0.3) is 0 Å². The Morgan fingerprint density at radius 1 is 1.24 bits per heavy atom. The zero-order chi connectivity index (χ0) is 20.3. The second kappa shape index (κ2) is 10.3. The Hall–Kier alpha value is -1.00. The fourth-order valence-electron chi connectivity index (χ4n) is 4.22. The first kappa shape index (κ1) is 24.3. The largest absolute Gasteiger partial charge is 0.391 e. The number of fused-ring (bicyclic) bond motifs is 1. The van der Waals surface area contributed by atoms with Gasteiger partial charge in [-0.05, 0) is 63.9 Å². The molecule has 0 saturated heterocycles. The highest BCUT2D eigenvalue weighted by Crippen LogP contribution is 2.39. The molecule has 2 aliphatic carbocycles. The molecule has 0 radical (unpaired) electrons. The Kier molecular flexibility index (Phi) is 8.66. The third kappa shape index (κ3) is 6.49. The van der Waals surface area contributed by atoms with E-state index < -0.39 is 12.1 Å². The van der Waals surface area contributed by atoms with Crippen molar-refractivity contribution < 1.29 is 13.2 Å². The molecular weight excluding hydrogens is 494 g/mol. The van der Waals surface area contributed by atoms with Crippen LogP contribution < -0.4 is 10.6 Å². The molecule has 2 N–H and O–H groups in total. The summed E-state index contributed by atoms with van der Waals surface area (Å²) in [4.78, 5) is 4.30. The average Bonchev–Trinajstić information content (AvgIpc) is 3.08. The summed E-state index contributed by atoms with van der Waals surface area (Å²) < 4.78 is 40.4. The molecule has 1 fully saturated rings. The zero-order valence-electron chi connectivity index (χ0n) is 17.4. The van der Waals surface area contributed by atoms with Crippen molar-refractivity contribution in [3.63, 3.8) is 0 Å². The number of rotatable bonds is 4. The Balaban J connectivity index is 0.00000300.